The number of ether oxygens (including phenoxy) is 1. The molecule has 2 fully saturated rings. The molecule has 1 aromatic carbocycles. The van der Waals surface area contributed by atoms with E-state index in [-0.39, 0.29) is 17.6 Å². The molecule has 162 valence electrons. The highest BCUT2D eigenvalue weighted by atomic mass is 35.5. The van der Waals surface area contributed by atoms with Crippen molar-refractivity contribution in [3.05, 3.63) is 40.2 Å². The van der Waals surface area contributed by atoms with Crippen molar-refractivity contribution in [2.45, 2.75) is 18.9 Å². The third-order valence-corrected chi connectivity index (χ3v) is 6.21. The van der Waals surface area contributed by atoms with Crippen molar-refractivity contribution < 1.29 is 4.74 Å². The predicted octanol–water partition coefficient (Wildman–Crippen LogP) is 2.49. The number of imidazole rings is 1. The molecule has 2 aliphatic rings. The Labute approximate surface area is 189 Å². The molecule has 4 heterocycles. The zero-order valence-corrected chi connectivity index (χ0v) is 18.1. The molecule has 2 aromatic heterocycles. The largest absolute Gasteiger partial charge is 0.378 e. The van der Waals surface area contributed by atoms with E-state index in [0.29, 0.717) is 40.3 Å². The second-order valence-corrected chi connectivity index (χ2v) is 8.19. The van der Waals surface area contributed by atoms with Crippen LogP contribution in [0.5, 0.6) is 0 Å². The molecule has 0 bridgehead atoms. The van der Waals surface area contributed by atoms with Crippen molar-refractivity contribution in [2.75, 3.05) is 43.5 Å². The fraction of sp³-hybridized carbons (Fsp3) is 0.381. The first-order valence-electron chi connectivity index (χ1n) is 10.3. The standard InChI is InChI=1S/C21H20ClN9O/c1-2-25-19-20-26-7-14(6-24)31(20)29-21(28-19)27-17-4-12(5-23)3-16(18(17)22)13-8-30(9-13)15-10-32-11-15/h3-4,7,13,15H,2,8-11H2,1H3,(H2,25,27,28,29). The van der Waals surface area contributed by atoms with Gasteiger partial charge in [-0.05, 0) is 24.6 Å². The zero-order valence-electron chi connectivity index (χ0n) is 17.3. The lowest BCUT2D eigenvalue weighted by Gasteiger charge is -2.47. The Morgan fingerprint density at radius 2 is 2.06 bits per heavy atom. The van der Waals surface area contributed by atoms with Gasteiger partial charge in [-0.2, -0.15) is 20.0 Å². The molecular weight excluding hydrogens is 430 g/mol. The van der Waals surface area contributed by atoms with Gasteiger partial charge in [0.15, 0.2) is 17.2 Å². The first-order valence-corrected chi connectivity index (χ1v) is 10.7. The number of nitrogens with zero attached hydrogens (tertiary/aromatic N) is 7. The summed E-state index contributed by atoms with van der Waals surface area (Å²) in [4.78, 5) is 11.1. The van der Waals surface area contributed by atoms with Gasteiger partial charge in [-0.1, -0.05) is 11.6 Å². The minimum Gasteiger partial charge on any atom is -0.378 e. The number of nitrogens with one attached hydrogen (secondary N) is 2. The minimum atomic E-state index is 0.243. The number of hydrogen-bond donors (Lipinski definition) is 2. The monoisotopic (exact) mass is 449 g/mol. The van der Waals surface area contributed by atoms with Gasteiger partial charge in [-0.15, -0.1) is 5.10 Å². The number of halogens is 1. The van der Waals surface area contributed by atoms with Gasteiger partial charge in [-0.25, -0.2) is 4.98 Å². The lowest BCUT2D eigenvalue weighted by Crippen LogP contribution is -2.58. The Morgan fingerprint density at radius 3 is 2.72 bits per heavy atom. The van der Waals surface area contributed by atoms with Crippen LogP contribution in [0.1, 0.15) is 29.7 Å². The van der Waals surface area contributed by atoms with Crippen LogP contribution >= 0.6 is 11.6 Å². The highest BCUT2D eigenvalue weighted by molar-refractivity contribution is 6.34. The Morgan fingerprint density at radius 1 is 1.25 bits per heavy atom. The summed E-state index contributed by atoms with van der Waals surface area (Å²) in [5.41, 5.74) is 2.73. The number of hydrogen-bond acceptors (Lipinski definition) is 9. The van der Waals surface area contributed by atoms with E-state index >= 15 is 0 Å². The van der Waals surface area contributed by atoms with Crippen molar-refractivity contribution in [2.24, 2.45) is 0 Å². The van der Waals surface area contributed by atoms with Gasteiger partial charge in [0.05, 0.1) is 47.8 Å². The molecule has 0 atom stereocenters. The van der Waals surface area contributed by atoms with Gasteiger partial charge in [0.1, 0.15) is 6.07 Å². The SMILES string of the molecule is CCNc1nc(Nc2cc(C#N)cc(C3CN(C4COC4)C3)c2Cl)nn2c(C#N)cnc12. The van der Waals surface area contributed by atoms with Gasteiger partial charge in [0, 0.05) is 25.6 Å². The molecule has 0 amide bonds. The summed E-state index contributed by atoms with van der Waals surface area (Å²) in [6, 6.07) is 8.30. The molecule has 0 aliphatic carbocycles. The van der Waals surface area contributed by atoms with Gasteiger partial charge in [-0.3, -0.25) is 4.90 Å². The topological polar surface area (TPSA) is 127 Å². The van der Waals surface area contributed by atoms with Crippen LogP contribution in [-0.4, -0.2) is 63.4 Å². The number of benzene rings is 1. The molecule has 3 aromatic rings. The second-order valence-electron chi connectivity index (χ2n) is 7.81. The molecular formula is C21H20ClN9O. The van der Waals surface area contributed by atoms with Crippen molar-refractivity contribution in [3.8, 4) is 12.1 Å². The van der Waals surface area contributed by atoms with Crippen LogP contribution in [0.15, 0.2) is 18.3 Å². The van der Waals surface area contributed by atoms with E-state index in [2.05, 4.69) is 42.7 Å². The average molecular weight is 450 g/mol. The van der Waals surface area contributed by atoms with Crippen LogP contribution in [0.2, 0.25) is 5.02 Å². The Kier molecular flexibility index (Phi) is 5.27. The van der Waals surface area contributed by atoms with Gasteiger partial charge >= 0.3 is 0 Å². The van der Waals surface area contributed by atoms with E-state index in [1.807, 2.05) is 13.0 Å². The quantitative estimate of drug-likeness (QED) is 0.583. The Hall–Kier alpha value is -3.44. The van der Waals surface area contributed by atoms with Crippen LogP contribution in [0, 0.1) is 22.7 Å². The van der Waals surface area contributed by atoms with Crippen LogP contribution < -0.4 is 10.6 Å². The molecule has 2 N–H and O–H groups in total. The maximum Gasteiger partial charge on any atom is 0.247 e. The summed E-state index contributed by atoms with van der Waals surface area (Å²) in [5.74, 6) is 0.987. The van der Waals surface area contributed by atoms with Crippen LogP contribution in [-0.2, 0) is 4.74 Å². The first-order chi connectivity index (χ1) is 15.6. The highest BCUT2D eigenvalue weighted by Gasteiger charge is 2.37. The van der Waals surface area contributed by atoms with Crippen LogP contribution in [0.4, 0.5) is 17.5 Å². The fourth-order valence-electron chi connectivity index (χ4n) is 3.96. The van der Waals surface area contributed by atoms with Crippen molar-refractivity contribution in [1.82, 2.24) is 24.5 Å². The van der Waals surface area contributed by atoms with Gasteiger partial charge in [0.2, 0.25) is 5.95 Å². The lowest BCUT2D eigenvalue weighted by molar-refractivity contribution is -0.0905. The minimum absolute atomic E-state index is 0.243. The first kappa shape index (κ1) is 20.5. The molecule has 11 heteroatoms. The summed E-state index contributed by atoms with van der Waals surface area (Å²) in [6.07, 6.45) is 1.45. The molecule has 10 nitrogen and oxygen atoms in total. The Bertz CT molecular complexity index is 1260. The van der Waals surface area contributed by atoms with Crippen molar-refractivity contribution in [1.29, 1.82) is 10.5 Å². The van der Waals surface area contributed by atoms with Crippen molar-refractivity contribution >= 4 is 34.7 Å². The third-order valence-electron chi connectivity index (χ3n) is 5.78. The molecule has 2 saturated heterocycles. The van der Waals surface area contributed by atoms with Gasteiger partial charge in [0.25, 0.3) is 0 Å². The molecule has 2 aliphatic heterocycles. The average Bonchev–Trinajstić information content (AvgIpc) is 3.14. The van der Waals surface area contributed by atoms with E-state index in [0.717, 1.165) is 31.9 Å². The molecule has 32 heavy (non-hydrogen) atoms. The molecule has 0 spiro atoms. The zero-order chi connectivity index (χ0) is 22.2. The molecule has 0 unspecified atom stereocenters. The van der Waals surface area contributed by atoms with Crippen LogP contribution in [0.3, 0.4) is 0 Å². The molecule has 0 saturated carbocycles. The van der Waals surface area contributed by atoms with Gasteiger partial charge < -0.3 is 15.4 Å². The fourth-order valence-corrected chi connectivity index (χ4v) is 4.27. The summed E-state index contributed by atoms with van der Waals surface area (Å²) >= 11 is 6.77. The van der Waals surface area contributed by atoms with E-state index in [1.54, 1.807) is 6.07 Å². The van der Waals surface area contributed by atoms with E-state index in [1.165, 1.54) is 10.7 Å². The normalized spacial score (nSPS) is 16.8. The van der Waals surface area contributed by atoms with Crippen LogP contribution in [0.25, 0.3) is 5.65 Å². The number of aromatic nitrogens is 4. The third kappa shape index (κ3) is 3.49. The second kappa shape index (κ2) is 8.24. The number of likely N-dealkylation sites (tertiary alicyclic amines) is 1. The number of rotatable bonds is 6. The summed E-state index contributed by atoms with van der Waals surface area (Å²) < 4.78 is 6.71. The highest BCUT2D eigenvalue weighted by Crippen LogP contribution is 2.39. The molecule has 0 radical (unpaired) electrons. The smallest absolute Gasteiger partial charge is 0.247 e. The summed E-state index contributed by atoms with van der Waals surface area (Å²) in [6.45, 7) is 5.89. The van der Waals surface area contributed by atoms with E-state index in [9.17, 15) is 10.5 Å². The van der Waals surface area contributed by atoms with E-state index in [4.69, 9.17) is 16.3 Å². The number of fused-ring (bicyclic) bond motifs is 1. The van der Waals surface area contributed by atoms with E-state index < -0.39 is 0 Å². The maximum atomic E-state index is 9.56. The van der Waals surface area contributed by atoms with Crippen molar-refractivity contribution in [3.63, 3.8) is 0 Å². The predicted molar refractivity (Wildman–Crippen MR) is 118 cm³/mol. The molecule has 5 rings (SSSR count). The number of anilines is 3. The summed E-state index contributed by atoms with van der Waals surface area (Å²) in [5, 5.41) is 30.2. The Balaban J connectivity index is 1.48. The number of nitriles is 2. The maximum absolute atomic E-state index is 9.56. The lowest BCUT2D eigenvalue weighted by atomic mass is 9.88. The summed E-state index contributed by atoms with van der Waals surface area (Å²) in [7, 11) is 0.